The van der Waals surface area contributed by atoms with Crippen LogP contribution in [0.3, 0.4) is 0 Å². The molecule has 0 aliphatic carbocycles. The van der Waals surface area contributed by atoms with E-state index in [1.54, 1.807) is 17.4 Å². The zero-order valence-corrected chi connectivity index (χ0v) is 12.0. The van der Waals surface area contributed by atoms with Crippen LogP contribution in [0.2, 0.25) is 0 Å². The number of carboxylic acids is 1. The van der Waals surface area contributed by atoms with Crippen LogP contribution in [0.15, 0.2) is 18.2 Å². The van der Waals surface area contributed by atoms with Crippen molar-refractivity contribution in [1.29, 1.82) is 0 Å². The number of thiophene rings is 1. The highest BCUT2D eigenvalue weighted by Crippen LogP contribution is 2.16. The summed E-state index contributed by atoms with van der Waals surface area (Å²) in [6, 6.07) is 3.97. The van der Waals surface area contributed by atoms with Crippen LogP contribution in [0.1, 0.15) is 35.9 Å². The SMILES string of the molecule is Cc1ccc(/C=C/C(=O)NC(C)CCCC(=O)O)s1. The van der Waals surface area contributed by atoms with Gasteiger partial charge < -0.3 is 10.4 Å². The largest absolute Gasteiger partial charge is 0.481 e. The molecule has 1 heterocycles. The zero-order valence-electron chi connectivity index (χ0n) is 11.2. The van der Waals surface area contributed by atoms with Gasteiger partial charge in [-0.2, -0.15) is 0 Å². The molecule has 0 aliphatic rings. The van der Waals surface area contributed by atoms with Crippen molar-refractivity contribution in [2.75, 3.05) is 0 Å². The number of aliphatic carboxylic acids is 1. The van der Waals surface area contributed by atoms with E-state index < -0.39 is 5.97 Å². The molecular formula is C14H19NO3S. The maximum atomic E-state index is 11.6. The van der Waals surface area contributed by atoms with E-state index in [4.69, 9.17) is 5.11 Å². The van der Waals surface area contributed by atoms with Gasteiger partial charge in [-0.15, -0.1) is 11.3 Å². The molecule has 5 heteroatoms. The van der Waals surface area contributed by atoms with Crippen molar-refractivity contribution >= 4 is 29.3 Å². The van der Waals surface area contributed by atoms with Gasteiger partial charge in [-0.05, 0) is 44.9 Å². The third-order valence-electron chi connectivity index (χ3n) is 2.58. The van der Waals surface area contributed by atoms with Gasteiger partial charge in [0.15, 0.2) is 0 Å². The summed E-state index contributed by atoms with van der Waals surface area (Å²) in [5, 5.41) is 11.3. The third-order valence-corrected chi connectivity index (χ3v) is 3.54. The lowest BCUT2D eigenvalue weighted by atomic mass is 10.1. The maximum Gasteiger partial charge on any atom is 0.303 e. The molecule has 1 atom stereocenters. The molecule has 104 valence electrons. The Morgan fingerprint density at radius 3 is 2.79 bits per heavy atom. The van der Waals surface area contributed by atoms with Gasteiger partial charge in [-0.3, -0.25) is 9.59 Å². The molecule has 1 unspecified atom stereocenters. The van der Waals surface area contributed by atoms with Crippen LogP contribution in [0, 0.1) is 6.92 Å². The van der Waals surface area contributed by atoms with Crippen LogP contribution in [0.25, 0.3) is 6.08 Å². The standard InChI is InChI=1S/C14H19NO3S/c1-10(4-3-5-14(17)18)15-13(16)9-8-12-7-6-11(2)19-12/h6-10H,3-5H2,1-2H3,(H,15,16)(H,17,18)/b9-8+. The molecule has 0 spiro atoms. The lowest BCUT2D eigenvalue weighted by Crippen LogP contribution is -2.31. The Kier molecular flexibility index (Phi) is 6.29. The van der Waals surface area contributed by atoms with Crippen molar-refractivity contribution < 1.29 is 14.7 Å². The Morgan fingerprint density at radius 1 is 1.47 bits per heavy atom. The van der Waals surface area contributed by atoms with Gasteiger partial charge in [0.2, 0.25) is 5.91 Å². The smallest absolute Gasteiger partial charge is 0.303 e. The lowest BCUT2D eigenvalue weighted by molar-refractivity contribution is -0.137. The van der Waals surface area contributed by atoms with Crippen LogP contribution in [-0.2, 0) is 9.59 Å². The fourth-order valence-corrected chi connectivity index (χ4v) is 2.40. The van der Waals surface area contributed by atoms with Gasteiger partial charge in [0.05, 0.1) is 0 Å². The van der Waals surface area contributed by atoms with Crippen LogP contribution in [0.5, 0.6) is 0 Å². The first kappa shape index (κ1) is 15.4. The number of hydrogen-bond donors (Lipinski definition) is 2. The molecule has 2 N–H and O–H groups in total. The normalized spacial score (nSPS) is 12.5. The number of carbonyl (C=O) groups excluding carboxylic acids is 1. The summed E-state index contributed by atoms with van der Waals surface area (Å²) in [4.78, 5) is 24.2. The average molecular weight is 281 g/mol. The van der Waals surface area contributed by atoms with Gasteiger partial charge in [-0.25, -0.2) is 0 Å². The summed E-state index contributed by atoms with van der Waals surface area (Å²) in [6.45, 7) is 3.90. The second-order valence-electron chi connectivity index (χ2n) is 4.48. The van der Waals surface area contributed by atoms with Gasteiger partial charge in [0.25, 0.3) is 0 Å². The predicted octanol–water partition coefficient (Wildman–Crippen LogP) is 2.83. The fraction of sp³-hybridized carbons (Fsp3) is 0.429. The molecule has 0 saturated carbocycles. The molecule has 0 aromatic carbocycles. The average Bonchev–Trinajstić information content (AvgIpc) is 2.72. The van der Waals surface area contributed by atoms with Gasteiger partial charge >= 0.3 is 5.97 Å². The predicted molar refractivity (Wildman–Crippen MR) is 77.2 cm³/mol. The van der Waals surface area contributed by atoms with E-state index in [-0.39, 0.29) is 18.4 Å². The number of carboxylic acid groups (broad SMARTS) is 1. The number of aryl methyl sites for hydroxylation is 1. The molecule has 1 rings (SSSR count). The Morgan fingerprint density at radius 2 is 2.21 bits per heavy atom. The fourth-order valence-electron chi connectivity index (χ4n) is 1.62. The molecule has 0 radical (unpaired) electrons. The van der Waals surface area contributed by atoms with Crippen molar-refractivity contribution in [3.63, 3.8) is 0 Å². The number of nitrogens with one attached hydrogen (secondary N) is 1. The Balaban J connectivity index is 2.30. The first-order valence-corrected chi connectivity index (χ1v) is 7.06. The molecule has 0 fully saturated rings. The minimum atomic E-state index is -0.800. The molecule has 0 aliphatic heterocycles. The monoisotopic (exact) mass is 281 g/mol. The van der Waals surface area contributed by atoms with Crippen molar-refractivity contribution in [3.8, 4) is 0 Å². The van der Waals surface area contributed by atoms with E-state index in [2.05, 4.69) is 5.32 Å². The first-order valence-electron chi connectivity index (χ1n) is 6.24. The topological polar surface area (TPSA) is 66.4 Å². The summed E-state index contributed by atoms with van der Waals surface area (Å²) in [5.74, 6) is -0.944. The molecule has 0 saturated heterocycles. The quantitative estimate of drug-likeness (QED) is 0.755. The van der Waals surface area contributed by atoms with E-state index in [1.165, 1.54) is 11.0 Å². The molecule has 19 heavy (non-hydrogen) atoms. The van der Waals surface area contributed by atoms with Crippen LogP contribution < -0.4 is 5.32 Å². The van der Waals surface area contributed by atoms with Crippen LogP contribution >= 0.6 is 11.3 Å². The first-order chi connectivity index (χ1) is 8.97. The lowest BCUT2D eigenvalue weighted by Gasteiger charge is -2.11. The van der Waals surface area contributed by atoms with E-state index in [9.17, 15) is 9.59 Å². The van der Waals surface area contributed by atoms with E-state index in [0.717, 1.165) is 4.88 Å². The van der Waals surface area contributed by atoms with Crippen LogP contribution in [-0.4, -0.2) is 23.0 Å². The van der Waals surface area contributed by atoms with E-state index in [1.807, 2.05) is 26.0 Å². The zero-order chi connectivity index (χ0) is 14.3. The maximum absolute atomic E-state index is 11.6. The van der Waals surface area contributed by atoms with Crippen molar-refractivity contribution in [1.82, 2.24) is 5.32 Å². The van der Waals surface area contributed by atoms with Gasteiger partial charge in [0, 0.05) is 28.3 Å². The number of rotatable bonds is 7. The highest BCUT2D eigenvalue weighted by Gasteiger charge is 2.06. The summed E-state index contributed by atoms with van der Waals surface area (Å²) in [6.07, 6.45) is 4.69. The van der Waals surface area contributed by atoms with Gasteiger partial charge in [0.1, 0.15) is 0 Å². The second-order valence-corrected chi connectivity index (χ2v) is 5.80. The molecule has 0 bridgehead atoms. The van der Waals surface area contributed by atoms with E-state index >= 15 is 0 Å². The Bertz CT molecular complexity index is 465. The minimum Gasteiger partial charge on any atom is -0.481 e. The highest BCUT2D eigenvalue weighted by atomic mass is 32.1. The van der Waals surface area contributed by atoms with Crippen molar-refractivity contribution in [2.24, 2.45) is 0 Å². The van der Waals surface area contributed by atoms with E-state index in [0.29, 0.717) is 12.8 Å². The summed E-state index contributed by atoms with van der Waals surface area (Å²) >= 11 is 1.63. The number of hydrogen-bond acceptors (Lipinski definition) is 3. The molecule has 1 amide bonds. The Hall–Kier alpha value is -1.62. The molecular weight excluding hydrogens is 262 g/mol. The molecule has 4 nitrogen and oxygen atoms in total. The Labute approximate surface area is 117 Å². The summed E-state index contributed by atoms with van der Waals surface area (Å²) in [5.41, 5.74) is 0. The summed E-state index contributed by atoms with van der Waals surface area (Å²) < 4.78 is 0. The van der Waals surface area contributed by atoms with Crippen LogP contribution in [0.4, 0.5) is 0 Å². The number of carbonyl (C=O) groups is 2. The van der Waals surface area contributed by atoms with Crippen molar-refractivity contribution in [3.05, 3.63) is 28.0 Å². The number of amides is 1. The minimum absolute atomic E-state index is 0.0124. The van der Waals surface area contributed by atoms with Crippen molar-refractivity contribution in [2.45, 2.75) is 39.2 Å². The second kappa shape index (κ2) is 7.74. The molecule has 1 aromatic rings. The third kappa shape index (κ3) is 6.76. The highest BCUT2D eigenvalue weighted by molar-refractivity contribution is 7.12. The van der Waals surface area contributed by atoms with Gasteiger partial charge in [-0.1, -0.05) is 0 Å². The summed E-state index contributed by atoms with van der Waals surface area (Å²) in [7, 11) is 0. The molecule has 1 aromatic heterocycles.